The van der Waals surface area contributed by atoms with Gasteiger partial charge in [-0.3, -0.25) is 4.79 Å². The molecule has 3 aromatic rings. The Morgan fingerprint density at radius 2 is 1.82 bits per heavy atom. The summed E-state index contributed by atoms with van der Waals surface area (Å²) in [6, 6.07) is 16.0. The molecular formula is C25H29FN2O5P+. The summed E-state index contributed by atoms with van der Waals surface area (Å²) in [4.78, 5) is 10.6. The second-order valence-corrected chi connectivity index (χ2v) is 9.61. The highest BCUT2D eigenvalue weighted by Gasteiger charge is 2.26. The monoisotopic (exact) mass is 487 g/mol. The maximum Gasteiger partial charge on any atom is 0.510 e. The lowest BCUT2D eigenvalue weighted by Crippen LogP contribution is -2.15. The summed E-state index contributed by atoms with van der Waals surface area (Å²) in [5.41, 5.74) is 4.53. The van der Waals surface area contributed by atoms with Crippen LogP contribution in [0.3, 0.4) is 0 Å². The number of hydrogen-bond acceptors (Lipinski definition) is 5. The van der Waals surface area contributed by atoms with Crippen molar-refractivity contribution in [3.8, 4) is 16.9 Å². The van der Waals surface area contributed by atoms with E-state index in [4.69, 9.17) is 14.7 Å². The molecular weight excluding hydrogens is 458 g/mol. The molecule has 0 amide bonds. The predicted molar refractivity (Wildman–Crippen MR) is 128 cm³/mol. The molecule has 0 aliphatic carbocycles. The van der Waals surface area contributed by atoms with Gasteiger partial charge < -0.3 is 10.2 Å². The number of hydrogen-bond donors (Lipinski definition) is 2. The third kappa shape index (κ3) is 6.79. The Morgan fingerprint density at radius 3 is 2.44 bits per heavy atom. The Kier molecular flexibility index (Phi) is 9.05. The molecule has 1 heterocycles. The number of carbonyl (C=O) groups is 1. The number of para-hydroxylation sites is 1. The summed E-state index contributed by atoms with van der Waals surface area (Å²) in [5, 5.41) is 23.2. The highest BCUT2D eigenvalue weighted by atomic mass is 31.1. The maximum atomic E-state index is 13.5. The fourth-order valence-corrected chi connectivity index (χ4v) is 4.73. The summed E-state index contributed by atoms with van der Waals surface area (Å²) < 4.78 is 32.9. The minimum Gasteiger partial charge on any atom is -0.481 e. The van der Waals surface area contributed by atoms with Gasteiger partial charge in [-0.15, -0.1) is 4.52 Å². The quantitative estimate of drug-likeness (QED) is 0.265. The molecule has 0 saturated heterocycles. The van der Waals surface area contributed by atoms with Gasteiger partial charge in [0.15, 0.2) is 0 Å². The first-order valence-corrected chi connectivity index (χ1v) is 12.5. The van der Waals surface area contributed by atoms with E-state index in [1.54, 1.807) is 12.1 Å². The van der Waals surface area contributed by atoms with E-state index < -0.39 is 26.5 Å². The van der Waals surface area contributed by atoms with Gasteiger partial charge in [0.2, 0.25) is 6.16 Å². The Labute approximate surface area is 199 Å². The number of aliphatic carboxylic acids is 1. The van der Waals surface area contributed by atoms with Crippen LogP contribution >= 0.6 is 8.03 Å². The molecule has 7 nitrogen and oxygen atoms in total. The number of carboxylic acid groups (broad SMARTS) is 1. The fourth-order valence-electron chi connectivity index (χ4n) is 3.81. The van der Waals surface area contributed by atoms with Gasteiger partial charge in [-0.05, 0) is 59.7 Å². The third-order valence-corrected chi connectivity index (χ3v) is 6.46. The molecule has 1 aromatic heterocycles. The van der Waals surface area contributed by atoms with Crippen LogP contribution in [0.4, 0.5) is 4.39 Å². The Balaban J connectivity index is 1.82. The van der Waals surface area contributed by atoms with Crippen LogP contribution in [0.25, 0.3) is 16.9 Å². The summed E-state index contributed by atoms with van der Waals surface area (Å²) in [6.45, 7) is 4.36. The lowest BCUT2D eigenvalue weighted by atomic mass is 9.96. The molecule has 0 aliphatic heterocycles. The van der Waals surface area contributed by atoms with Crippen molar-refractivity contribution < 1.29 is 28.5 Å². The van der Waals surface area contributed by atoms with Gasteiger partial charge in [0.25, 0.3) is 0 Å². The van der Waals surface area contributed by atoms with Crippen LogP contribution in [0.2, 0.25) is 0 Å². The van der Waals surface area contributed by atoms with Crippen molar-refractivity contribution in [2.75, 3.05) is 12.8 Å². The van der Waals surface area contributed by atoms with Gasteiger partial charge in [0.05, 0.1) is 23.5 Å². The van der Waals surface area contributed by atoms with Gasteiger partial charge in [-0.2, -0.15) is 5.10 Å². The number of nitrogens with zero attached hydrogens (tertiary/aromatic N) is 2. The molecule has 0 spiro atoms. The smallest absolute Gasteiger partial charge is 0.481 e. The first kappa shape index (κ1) is 25.7. The van der Waals surface area contributed by atoms with Crippen LogP contribution in [0.1, 0.15) is 43.9 Å². The number of aliphatic hydroxyl groups excluding tert-OH is 1. The molecule has 2 N–H and O–H groups in total. The van der Waals surface area contributed by atoms with Gasteiger partial charge >= 0.3 is 14.0 Å². The molecule has 0 bridgehead atoms. The van der Waals surface area contributed by atoms with Crippen LogP contribution in [-0.2, 0) is 20.3 Å². The minimum atomic E-state index is -2.16. The molecule has 2 aromatic carbocycles. The van der Waals surface area contributed by atoms with E-state index in [0.717, 1.165) is 28.2 Å². The fraction of sp³-hybridized carbons (Fsp3) is 0.360. The van der Waals surface area contributed by atoms with E-state index in [0.29, 0.717) is 12.8 Å². The normalized spacial score (nSPS) is 12.7. The first-order chi connectivity index (χ1) is 16.3. The Hall–Kier alpha value is -2.93. The molecule has 3 rings (SSSR count). The highest BCUT2D eigenvalue weighted by Crippen LogP contribution is 2.33. The average Bonchev–Trinajstić information content (AvgIpc) is 3.17. The molecule has 0 aliphatic rings. The molecule has 34 heavy (non-hydrogen) atoms. The van der Waals surface area contributed by atoms with Crippen molar-refractivity contribution in [1.29, 1.82) is 0 Å². The number of rotatable bonds is 12. The van der Waals surface area contributed by atoms with Crippen molar-refractivity contribution in [1.82, 2.24) is 9.78 Å². The highest BCUT2D eigenvalue weighted by molar-refractivity contribution is 7.39. The molecule has 2 atom stereocenters. The van der Waals surface area contributed by atoms with Crippen molar-refractivity contribution in [3.05, 3.63) is 71.7 Å². The SMILES string of the molecule is CC(C)c1c(CCCO[P+](=O)C[C@@H](O)CC(=O)O)c(-c2ccc(F)cc2)nn1-c1ccccc1. The molecule has 0 fully saturated rings. The number of halogens is 1. The van der Waals surface area contributed by atoms with Gasteiger partial charge in [0.1, 0.15) is 18.5 Å². The first-order valence-electron chi connectivity index (χ1n) is 11.2. The van der Waals surface area contributed by atoms with Crippen LogP contribution < -0.4 is 0 Å². The Morgan fingerprint density at radius 1 is 1.15 bits per heavy atom. The van der Waals surface area contributed by atoms with E-state index in [9.17, 15) is 18.9 Å². The van der Waals surface area contributed by atoms with Crippen molar-refractivity contribution in [3.63, 3.8) is 0 Å². The molecule has 180 valence electrons. The van der Waals surface area contributed by atoms with Crippen LogP contribution in [0.15, 0.2) is 54.6 Å². The van der Waals surface area contributed by atoms with E-state index >= 15 is 0 Å². The topological polar surface area (TPSA) is 102 Å². The summed E-state index contributed by atoms with van der Waals surface area (Å²) in [6.07, 6.45) is -0.755. The zero-order valence-electron chi connectivity index (χ0n) is 19.2. The van der Waals surface area contributed by atoms with Gasteiger partial charge in [-0.1, -0.05) is 32.0 Å². The van der Waals surface area contributed by atoms with E-state index in [-0.39, 0.29) is 24.5 Å². The third-order valence-electron chi connectivity index (χ3n) is 5.26. The number of aromatic nitrogens is 2. The van der Waals surface area contributed by atoms with Crippen LogP contribution in [0.5, 0.6) is 0 Å². The van der Waals surface area contributed by atoms with E-state index in [1.807, 2.05) is 35.0 Å². The van der Waals surface area contributed by atoms with Crippen molar-refractivity contribution in [2.24, 2.45) is 0 Å². The summed E-state index contributed by atoms with van der Waals surface area (Å²) in [7, 11) is -2.16. The Bertz CT molecular complexity index is 1120. The molecule has 0 radical (unpaired) electrons. The summed E-state index contributed by atoms with van der Waals surface area (Å²) in [5.74, 6) is -1.32. The van der Waals surface area contributed by atoms with Gasteiger partial charge in [0, 0.05) is 11.1 Å². The average molecular weight is 487 g/mol. The molecule has 0 saturated carbocycles. The zero-order chi connectivity index (χ0) is 24.7. The largest absolute Gasteiger partial charge is 0.510 e. The van der Waals surface area contributed by atoms with Gasteiger partial charge in [-0.25, -0.2) is 9.07 Å². The van der Waals surface area contributed by atoms with E-state index in [2.05, 4.69) is 13.8 Å². The molecule has 1 unspecified atom stereocenters. The number of carboxylic acids is 1. The molecule has 9 heteroatoms. The standard InChI is InChI=1S/C25H28FN2O5P/c1-17(2)25-22(9-6-14-33-34(32)16-21(29)15-23(30)31)24(18-10-12-19(26)13-11-18)27-28(25)20-7-4-3-5-8-20/h3-5,7-8,10-13,17,21,29H,6,9,14-16H2,1-2H3/p+1/t21-/m0/s1. The van der Waals surface area contributed by atoms with Crippen LogP contribution in [0, 0.1) is 5.82 Å². The number of benzene rings is 2. The maximum absolute atomic E-state index is 13.5. The summed E-state index contributed by atoms with van der Waals surface area (Å²) >= 11 is 0. The zero-order valence-corrected chi connectivity index (χ0v) is 20.1. The number of aliphatic hydroxyl groups is 1. The van der Waals surface area contributed by atoms with Crippen molar-refractivity contribution in [2.45, 2.75) is 45.1 Å². The lowest BCUT2D eigenvalue weighted by molar-refractivity contribution is -0.138. The van der Waals surface area contributed by atoms with E-state index in [1.165, 1.54) is 12.1 Å². The second kappa shape index (κ2) is 12.0. The lowest BCUT2D eigenvalue weighted by Gasteiger charge is -2.13. The minimum absolute atomic E-state index is 0.153. The second-order valence-electron chi connectivity index (χ2n) is 8.33. The van der Waals surface area contributed by atoms with Crippen molar-refractivity contribution >= 4 is 14.0 Å². The van der Waals surface area contributed by atoms with Crippen LogP contribution in [-0.4, -0.2) is 44.8 Å². The predicted octanol–water partition coefficient (Wildman–Crippen LogP) is 5.33.